The quantitative estimate of drug-likeness (QED) is 0.652. The van der Waals surface area contributed by atoms with Crippen LogP contribution in [0.4, 0.5) is 0 Å². The molecule has 0 bridgehead atoms. The Kier molecular flexibility index (Phi) is 4.44. The molecule has 0 fully saturated rings. The summed E-state index contributed by atoms with van der Waals surface area (Å²) in [5.41, 5.74) is 6.60. The van der Waals surface area contributed by atoms with Crippen LogP contribution in [0.5, 0.6) is 5.75 Å². The molecule has 0 saturated heterocycles. The number of fused-ring (bicyclic) bond motifs is 3. The van der Waals surface area contributed by atoms with Gasteiger partial charge in [0.15, 0.2) is 0 Å². The fraction of sp³-hybridized carbons (Fsp3) is 0.208. The van der Waals surface area contributed by atoms with Crippen molar-refractivity contribution in [2.75, 3.05) is 6.61 Å². The molecule has 27 heavy (non-hydrogen) atoms. The van der Waals surface area contributed by atoms with Gasteiger partial charge in [0.05, 0.1) is 6.61 Å². The maximum absolute atomic E-state index is 12.6. The number of benzene rings is 3. The molecule has 0 spiro atoms. The first-order valence-electron chi connectivity index (χ1n) is 9.28. The van der Waals surface area contributed by atoms with E-state index in [0.29, 0.717) is 0 Å². The molecular weight excluding hydrogens is 336 g/mol. The highest BCUT2D eigenvalue weighted by Crippen LogP contribution is 2.47. The Labute approximate surface area is 159 Å². The molecule has 0 amide bonds. The molecule has 3 heteroatoms. The molecule has 0 saturated carbocycles. The van der Waals surface area contributed by atoms with Gasteiger partial charge in [-0.2, -0.15) is 0 Å². The molecule has 1 aliphatic rings. The molecule has 4 rings (SSSR count). The van der Waals surface area contributed by atoms with Crippen LogP contribution in [0.1, 0.15) is 45.5 Å². The zero-order valence-corrected chi connectivity index (χ0v) is 15.5. The molecular formula is C24H22O3. The van der Waals surface area contributed by atoms with E-state index in [2.05, 4.69) is 30.3 Å². The van der Waals surface area contributed by atoms with Crippen molar-refractivity contribution < 1.29 is 14.6 Å². The van der Waals surface area contributed by atoms with Gasteiger partial charge < -0.3 is 9.84 Å². The Morgan fingerprint density at radius 1 is 1.11 bits per heavy atom. The molecule has 0 radical (unpaired) electrons. The second-order valence-corrected chi connectivity index (χ2v) is 6.92. The number of phenolic OH excluding ortho intramolecular Hbond substituents is 1. The third kappa shape index (κ3) is 2.89. The summed E-state index contributed by atoms with van der Waals surface area (Å²) in [6.45, 7) is 4.04. The Hall–Kier alpha value is -3.07. The average molecular weight is 358 g/mol. The Morgan fingerprint density at radius 3 is 2.56 bits per heavy atom. The number of hydrogen-bond acceptors (Lipinski definition) is 3. The lowest BCUT2D eigenvalue weighted by Crippen LogP contribution is -2.17. The number of carbonyl (C=O) groups excluding carboxylic acids is 1. The first kappa shape index (κ1) is 17.3. The van der Waals surface area contributed by atoms with Gasteiger partial charge in [-0.15, -0.1) is 0 Å². The number of esters is 1. The summed E-state index contributed by atoms with van der Waals surface area (Å²) in [5, 5.41) is 10.6. The number of rotatable bonds is 3. The maximum atomic E-state index is 12.6. The van der Waals surface area contributed by atoms with Crippen molar-refractivity contribution in [2.24, 2.45) is 0 Å². The van der Waals surface area contributed by atoms with Crippen molar-refractivity contribution in [3.05, 3.63) is 88.5 Å². The zero-order chi connectivity index (χ0) is 19.0. The molecule has 3 nitrogen and oxygen atoms in total. The van der Waals surface area contributed by atoms with Crippen molar-refractivity contribution in [1.29, 1.82) is 0 Å². The van der Waals surface area contributed by atoms with E-state index < -0.39 is 5.97 Å². The predicted octanol–water partition coefficient (Wildman–Crippen LogP) is 5.23. The minimum Gasteiger partial charge on any atom is -0.507 e. The largest absolute Gasteiger partial charge is 0.507 e. The minimum atomic E-state index is -0.473. The van der Waals surface area contributed by atoms with E-state index in [9.17, 15) is 9.90 Å². The molecule has 136 valence electrons. The van der Waals surface area contributed by atoms with Crippen molar-refractivity contribution >= 4 is 5.97 Å². The number of phenols is 1. The van der Waals surface area contributed by atoms with E-state index in [1.54, 1.807) is 13.0 Å². The highest BCUT2D eigenvalue weighted by Gasteiger charge is 2.32. The lowest BCUT2D eigenvalue weighted by Gasteiger charge is -2.31. The Balaban J connectivity index is 1.98. The first-order chi connectivity index (χ1) is 13.1. The highest BCUT2D eigenvalue weighted by molar-refractivity contribution is 6.02. The van der Waals surface area contributed by atoms with Crippen molar-refractivity contribution in [3.8, 4) is 16.9 Å². The van der Waals surface area contributed by atoms with E-state index in [1.165, 1.54) is 11.1 Å². The SMILES string of the molecule is CCOC(=O)c1c(O)cc(C)c2c1-c1ccccc1C(c1ccccc1)C2. The average Bonchev–Trinajstić information content (AvgIpc) is 2.68. The topological polar surface area (TPSA) is 46.5 Å². The van der Waals surface area contributed by atoms with Crippen molar-refractivity contribution in [2.45, 2.75) is 26.2 Å². The summed E-state index contributed by atoms with van der Waals surface area (Å²) in [7, 11) is 0. The zero-order valence-electron chi connectivity index (χ0n) is 15.5. The van der Waals surface area contributed by atoms with Crippen molar-refractivity contribution in [1.82, 2.24) is 0 Å². The van der Waals surface area contributed by atoms with Crippen LogP contribution >= 0.6 is 0 Å². The van der Waals surface area contributed by atoms with Crippen LogP contribution in [-0.4, -0.2) is 17.7 Å². The maximum Gasteiger partial charge on any atom is 0.342 e. The summed E-state index contributed by atoms with van der Waals surface area (Å²) in [4.78, 5) is 12.6. The third-order valence-electron chi connectivity index (χ3n) is 5.33. The minimum absolute atomic E-state index is 0.0161. The van der Waals surface area contributed by atoms with E-state index in [4.69, 9.17) is 4.74 Å². The number of hydrogen-bond donors (Lipinski definition) is 1. The molecule has 3 aromatic rings. The van der Waals surface area contributed by atoms with Gasteiger partial charge in [-0.1, -0.05) is 54.6 Å². The van der Waals surface area contributed by atoms with Crippen LogP contribution in [0.25, 0.3) is 11.1 Å². The molecule has 0 heterocycles. The van der Waals surface area contributed by atoms with Gasteiger partial charge in [-0.05, 0) is 54.2 Å². The van der Waals surface area contributed by atoms with E-state index in [1.807, 2.05) is 31.2 Å². The normalized spacial score (nSPS) is 15.0. The molecule has 1 aliphatic carbocycles. The van der Waals surface area contributed by atoms with Crippen LogP contribution in [0.15, 0.2) is 60.7 Å². The lowest BCUT2D eigenvalue weighted by atomic mass is 9.73. The van der Waals surface area contributed by atoms with E-state index >= 15 is 0 Å². The van der Waals surface area contributed by atoms with Crippen LogP contribution < -0.4 is 0 Å². The molecule has 1 N–H and O–H groups in total. The summed E-state index contributed by atoms with van der Waals surface area (Å²) in [6.07, 6.45) is 0.787. The van der Waals surface area contributed by atoms with Gasteiger partial charge in [0.1, 0.15) is 11.3 Å². The molecule has 3 aromatic carbocycles. The third-order valence-corrected chi connectivity index (χ3v) is 5.33. The highest BCUT2D eigenvalue weighted by atomic mass is 16.5. The predicted molar refractivity (Wildman–Crippen MR) is 106 cm³/mol. The number of aryl methyl sites for hydroxylation is 1. The monoisotopic (exact) mass is 358 g/mol. The first-order valence-corrected chi connectivity index (χ1v) is 9.28. The second kappa shape index (κ2) is 6.92. The molecule has 1 atom stereocenters. The van der Waals surface area contributed by atoms with Crippen LogP contribution in [0, 0.1) is 6.92 Å². The second-order valence-electron chi connectivity index (χ2n) is 6.92. The van der Waals surface area contributed by atoms with Gasteiger partial charge in [-0.3, -0.25) is 0 Å². The standard InChI is InChI=1S/C24H22O3/c1-3-27-24(26)23-21(25)13-15(2)19-14-20(16-9-5-4-6-10-16)17-11-7-8-12-18(17)22(19)23/h4-13,20,25H,3,14H2,1-2H3. The van der Waals surface area contributed by atoms with E-state index in [-0.39, 0.29) is 23.8 Å². The summed E-state index contributed by atoms with van der Waals surface area (Å²) in [5.74, 6) is -0.273. The molecule has 0 aromatic heterocycles. The van der Waals surface area contributed by atoms with Gasteiger partial charge >= 0.3 is 5.97 Å². The fourth-order valence-corrected chi connectivity index (χ4v) is 4.14. The Morgan fingerprint density at radius 2 is 1.81 bits per heavy atom. The number of carbonyl (C=O) groups is 1. The van der Waals surface area contributed by atoms with Gasteiger partial charge in [0.2, 0.25) is 0 Å². The molecule has 0 aliphatic heterocycles. The van der Waals surface area contributed by atoms with E-state index in [0.717, 1.165) is 28.7 Å². The van der Waals surface area contributed by atoms with Gasteiger partial charge in [0.25, 0.3) is 0 Å². The van der Waals surface area contributed by atoms with Crippen LogP contribution in [0.3, 0.4) is 0 Å². The Bertz CT molecular complexity index is 1010. The van der Waals surface area contributed by atoms with Crippen LogP contribution in [-0.2, 0) is 11.2 Å². The lowest BCUT2D eigenvalue weighted by molar-refractivity contribution is 0.0524. The van der Waals surface area contributed by atoms with Crippen molar-refractivity contribution in [3.63, 3.8) is 0 Å². The fourth-order valence-electron chi connectivity index (χ4n) is 4.14. The number of aromatic hydroxyl groups is 1. The summed E-state index contributed by atoms with van der Waals surface area (Å²) >= 11 is 0. The smallest absolute Gasteiger partial charge is 0.342 e. The van der Waals surface area contributed by atoms with Gasteiger partial charge in [0, 0.05) is 11.5 Å². The van der Waals surface area contributed by atoms with Crippen LogP contribution in [0.2, 0.25) is 0 Å². The summed E-state index contributed by atoms with van der Waals surface area (Å²) in [6, 6.07) is 20.3. The number of ether oxygens (including phenoxy) is 1. The van der Waals surface area contributed by atoms with Gasteiger partial charge in [-0.25, -0.2) is 4.79 Å². The molecule has 1 unspecified atom stereocenters. The summed E-state index contributed by atoms with van der Waals surface area (Å²) < 4.78 is 5.24.